The maximum atomic E-state index is 13.0. The Labute approximate surface area is 93.1 Å². The second-order valence-electron chi connectivity index (χ2n) is 4.38. The molecule has 86 valence electrons. The number of nitrogens with two attached hydrogens (primary N) is 1. The van der Waals surface area contributed by atoms with Gasteiger partial charge in [0.05, 0.1) is 5.92 Å². The predicted octanol–water partition coefficient (Wildman–Crippen LogP) is 1.85. The molecule has 16 heavy (non-hydrogen) atoms. The molecule has 4 heteroatoms. The minimum absolute atomic E-state index is 0.0117. The van der Waals surface area contributed by atoms with Crippen molar-refractivity contribution in [2.24, 2.45) is 17.6 Å². The third kappa shape index (κ3) is 1.93. The molecule has 3 nitrogen and oxygen atoms in total. The van der Waals surface area contributed by atoms with Crippen LogP contribution in [0, 0.1) is 24.6 Å². The summed E-state index contributed by atoms with van der Waals surface area (Å²) in [6.07, 6.45) is 0.618. The van der Waals surface area contributed by atoms with Gasteiger partial charge in [0, 0.05) is 6.04 Å². The summed E-state index contributed by atoms with van der Waals surface area (Å²) in [4.78, 5) is 10.7. The number of carboxylic acids is 1. The van der Waals surface area contributed by atoms with Gasteiger partial charge in [0.1, 0.15) is 5.82 Å². The molecule has 3 unspecified atom stereocenters. The van der Waals surface area contributed by atoms with Crippen LogP contribution >= 0.6 is 0 Å². The van der Waals surface area contributed by atoms with Crippen molar-refractivity contribution in [2.45, 2.75) is 19.4 Å². The maximum absolute atomic E-state index is 13.0. The molecule has 1 aliphatic carbocycles. The van der Waals surface area contributed by atoms with Crippen molar-refractivity contribution in [3.05, 3.63) is 35.1 Å². The van der Waals surface area contributed by atoms with E-state index < -0.39 is 5.97 Å². The summed E-state index contributed by atoms with van der Waals surface area (Å²) in [5, 5.41) is 8.80. The number of benzene rings is 1. The Morgan fingerprint density at radius 1 is 1.62 bits per heavy atom. The van der Waals surface area contributed by atoms with Crippen LogP contribution in [0.1, 0.15) is 23.6 Å². The molecule has 0 amide bonds. The zero-order valence-electron chi connectivity index (χ0n) is 8.98. The van der Waals surface area contributed by atoms with Gasteiger partial charge in [-0.05, 0) is 36.5 Å². The predicted molar refractivity (Wildman–Crippen MR) is 57.3 cm³/mol. The van der Waals surface area contributed by atoms with Crippen LogP contribution in [0.5, 0.6) is 0 Å². The van der Waals surface area contributed by atoms with Gasteiger partial charge in [0.25, 0.3) is 0 Å². The Morgan fingerprint density at radius 3 is 2.81 bits per heavy atom. The lowest BCUT2D eigenvalue weighted by Gasteiger charge is -2.12. The molecule has 3 atom stereocenters. The second kappa shape index (κ2) is 3.87. The maximum Gasteiger partial charge on any atom is 0.306 e. The van der Waals surface area contributed by atoms with Gasteiger partial charge in [-0.3, -0.25) is 4.79 Å². The Balaban J connectivity index is 2.13. The Morgan fingerprint density at radius 2 is 2.31 bits per heavy atom. The zero-order chi connectivity index (χ0) is 11.9. The number of carbonyl (C=O) groups is 1. The topological polar surface area (TPSA) is 63.3 Å². The molecular formula is C12H14FNO2. The van der Waals surface area contributed by atoms with Crippen LogP contribution in [0.4, 0.5) is 4.39 Å². The monoisotopic (exact) mass is 223 g/mol. The molecule has 2 rings (SSSR count). The first kappa shape index (κ1) is 11.1. The van der Waals surface area contributed by atoms with E-state index in [4.69, 9.17) is 10.8 Å². The lowest BCUT2D eigenvalue weighted by molar-refractivity contribution is -0.138. The largest absolute Gasteiger partial charge is 0.481 e. The van der Waals surface area contributed by atoms with E-state index in [1.807, 2.05) is 0 Å². The van der Waals surface area contributed by atoms with Crippen LogP contribution in [-0.4, -0.2) is 11.1 Å². The first-order chi connectivity index (χ1) is 7.50. The molecule has 0 bridgehead atoms. The normalized spacial score (nSPS) is 25.2. The average molecular weight is 223 g/mol. The quantitative estimate of drug-likeness (QED) is 0.822. The smallest absolute Gasteiger partial charge is 0.306 e. The van der Waals surface area contributed by atoms with Crippen molar-refractivity contribution in [1.29, 1.82) is 0 Å². The van der Waals surface area contributed by atoms with E-state index in [1.54, 1.807) is 19.1 Å². The van der Waals surface area contributed by atoms with Crippen LogP contribution in [0.3, 0.4) is 0 Å². The Hall–Kier alpha value is -1.42. The zero-order valence-corrected chi connectivity index (χ0v) is 8.98. The molecule has 1 aromatic carbocycles. The van der Waals surface area contributed by atoms with Gasteiger partial charge in [-0.1, -0.05) is 12.1 Å². The molecule has 0 spiro atoms. The van der Waals surface area contributed by atoms with E-state index in [9.17, 15) is 9.18 Å². The van der Waals surface area contributed by atoms with Crippen molar-refractivity contribution in [1.82, 2.24) is 0 Å². The molecule has 1 fully saturated rings. The van der Waals surface area contributed by atoms with Crippen molar-refractivity contribution in [3.8, 4) is 0 Å². The molecule has 0 radical (unpaired) electrons. The number of carboxylic acid groups (broad SMARTS) is 1. The van der Waals surface area contributed by atoms with E-state index in [0.717, 1.165) is 5.56 Å². The summed E-state index contributed by atoms with van der Waals surface area (Å²) in [7, 11) is 0. The lowest BCUT2D eigenvalue weighted by atomic mass is 10.00. The number of rotatable bonds is 3. The van der Waals surface area contributed by atoms with Crippen LogP contribution in [0.25, 0.3) is 0 Å². The van der Waals surface area contributed by atoms with Crippen molar-refractivity contribution in [2.75, 3.05) is 0 Å². The highest BCUT2D eigenvalue weighted by Gasteiger charge is 2.47. The summed E-state index contributed by atoms with van der Waals surface area (Å²) in [6.45, 7) is 1.67. The summed E-state index contributed by atoms with van der Waals surface area (Å²) < 4.78 is 13.0. The van der Waals surface area contributed by atoms with Gasteiger partial charge < -0.3 is 10.8 Å². The fraction of sp³-hybridized carbons (Fsp3) is 0.417. The third-order valence-corrected chi connectivity index (χ3v) is 3.19. The minimum Gasteiger partial charge on any atom is -0.481 e. The third-order valence-electron chi connectivity index (χ3n) is 3.19. The van der Waals surface area contributed by atoms with Gasteiger partial charge in [-0.2, -0.15) is 0 Å². The molecule has 0 heterocycles. The SMILES string of the molecule is Cc1cc(C(N)C2CC2C(=O)O)ccc1F. The number of aliphatic carboxylic acids is 1. The molecule has 1 aromatic rings. The number of hydrogen-bond acceptors (Lipinski definition) is 2. The fourth-order valence-electron chi connectivity index (χ4n) is 2.02. The lowest BCUT2D eigenvalue weighted by Crippen LogP contribution is -2.16. The van der Waals surface area contributed by atoms with Gasteiger partial charge in [-0.25, -0.2) is 4.39 Å². The van der Waals surface area contributed by atoms with Crippen LogP contribution < -0.4 is 5.73 Å². The van der Waals surface area contributed by atoms with E-state index in [0.29, 0.717) is 12.0 Å². The van der Waals surface area contributed by atoms with Gasteiger partial charge in [-0.15, -0.1) is 0 Å². The van der Waals surface area contributed by atoms with E-state index in [1.165, 1.54) is 6.07 Å². The highest BCUT2D eigenvalue weighted by molar-refractivity contribution is 5.73. The number of aryl methyl sites for hydroxylation is 1. The summed E-state index contributed by atoms with van der Waals surface area (Å²) in [5.74, 6) is -1.40. The van der Waals surface area contributed by atoms with Crippen molar-refractivity contribution in [3.63, 3.8) is 0 Å². The van der Waals surface area contributed by atoms with Crippen LogP contribution in [0.15, 0.2) is 18.2 Å². The van der Waals surface area contributed by atoms with Crippen molar-refractivity contribution < 1.29 is 14.3 Å². The Kier molecular flexibility index (Phi) is 2.68. The molecule has 0 aliphatic heterocycles. The van der Waals surface area contributed by atoms with E-state index in [2.05, 4.69) is 0 Å². The second-order valence-corrected chi connectivity index (χ2v) is 4.38. The highest BCUT2D eigenvalue weighted by Crippen LogP contribution is 2.46. The molecular weight excluding hydrogens is 209 g/mol. The Bertz CT molecular complexity index is 433. The molecule has 1 saturated carbocycles. The van der Waals surface area contributed by atoms with Gasteiger partial charge in [0.15, 0.2) is 0 Å². The number of hydrogen-bond donors (Lipinski definition) is 2. The first-order valence-corrected chi connectivity index (χ1v) is 5.25. The van der Waals surface area contributed by atoms with Crippen LogP contribution in [0.2, 0.25) is 0 Å². The highest BCUT2D eigenvalue weighted by atomic mass is 19.1. The van der Waals surface area contributed by atoms with Gasteiger partial charge >= 0.3 is 5.97 Å². The summed E-state index contributed by atoms with van der Waals surface area (Å²) >= 11 is 0. The standard InChI is InChI=1S/C12H14FNO2/c1-6-4-7(2-3-10(6)13)11(14)8-5-9(8)12(15)16/h2-4,8-9,11H,5,14H2,1H3,(H,15,16). The first-order valence-electron chi connectivity index (χ1n) is 5.25. The average Bonchev–Trinajstić information content (AvgIpc) is 3.01. The molecule has 0 aromatic heterocycles. The molecule has 1 aliphatic rings. The summed E-state index contributed by atoms with van der Waals surface area (Å²) in [6, 6.07) is 4.39. The van der Waals surface area contributed by atoms with Crippen LogP contribution in [-0.2, 0) is 4.79 Å². The van der Waals surface area contributed by atoms with E-state index >= 15 is 0 Å². The fourth-order valence-corrected chi connectivity index (χ4v) is 2.02. The number of halogens is 1. The summed E-state index contributed by atoms with van der Waals surface area (Å²) in [5.41, 5.74) is 7.32. The minimum atomic E-state index is -0.792. The molecule has 3 N–H and O–H groups in total. The van der Waals surface area contributed by atoms with E-state index in [-0.39, 0.29) is 23.7 Å². The van der Waals surface area contributed by atoms with Gasteiger partial charge in [0.2, 0.25) is 0 Å². The van der Waals surface area contributed by atoms with Crippen molar-refractivity contribution >= 4 is 5.97 Å². The molecule has 0 saturated heterocycles.